The third-order valence-electron chi connectivity index (χ3n) is 18.8. The minimum Gasteiger partial charge on any atom is -0.403 e. The van der Waals surface area contributed by atoms with Gasteiger partial charge in [0.05, 0.1) is 34.7 Å². The molecule has 4 unspecified atom stereocenters. The van der Waals surface area contributed by atoms with Gasteiger partial charge in [0.15, 0.2) is 24.9 Å². The Bertz CT molecular complexity index is 6340. The van der Waals surface area contributed by atoms with Crippen LogP contribution in [0.25, 0.3) is 0 Å². The Hall–Kier alpha value is -8.13. The van der Waals surface area contributed by atoms with Gasteiger partial charge in [0.25, 0.3) is 46.0 Å². The molecule has 4 aromatic carbocycles. The Balaban J connectivity index is 0.000000148. The Labute approximate surface area is 719 Å². The number of H-pyrrole nitrogens is 3. The number of aromatic amines is 3. The van der Waals surface area contributed by atoms with Crippen LogP contribution >= 0.6 is 77.7 Å². The van der Waals surface area contributed by atoms with Crippen molar-refractivity contribution in [1.82, 2.24) is 38.9 Å². The number of aliphatic hydroxyl groups is 8. The van der Waals surface area contributed by atoms with E-state index in [-0.39, 0.29) is 55.2 Å². The van der Waals surface area contributed by atoms with E-state index < -0.39 is 214 Å². The van der Waals surface area contributed by atoms with Gasteiger partial charge in [-0.3, -0.25) is 84.0 Å². The molecule has 7 aromatic rings. The molecule has 124 heavy (non-hydrogen) atoms. The number of aliphatic hydroxyl groups excluding tert-OH is 8. The molecular weight excluding hydrogens is 1840 g/mol. The van der Waals surface area contributed by atoms with Crippen molar-refractivity contribution in [2.75, 3.05) is 26.3 Å². The average molecular weight is 1920 g/mol. The lowest BCUT2D eigenvalue weighted by atomic mass is 10.1. The first-order valence-corrected chi connectivity index (χ1v) is 42.7. The predicted octanol–water partition coefficient (Wildman–Crippen LogP) is 5.20. The van der Waals surface area contributed by atoms with Crippen LogP contribution in [0.1, 0.15) is 71.4 Å². The van der Waals surface area contributed by atoms with Crippen LogP contribution in [-0.2, 0) is 105 Å². The molecule has 0 bridgehead atoms. The maximum atomic E-state index is 15.9. The molecule has 43 nitrogen and oxygen atoms in total. The maximum absolute atomic E-state index is 15.9. The molecule has 9 aliphatic rings. The zero-order valence-electron chi connectivity index (χ0n) is 69.2. The number of hydrogen-bond donors (Lipinski definition) is 12. The van der Waals surface area contributed by atoms with Crippen molar-refractivity contribution < 1.29 is 163 Å². The number of alkyl halides is 4. The van der Waals surface area contributed by atoms with E-state index in [4.69, 9.17) is 128 Å². The summed E-state index contributed by atoms with van der Waals surface area (Å²) in [6.45, 7) is -0.783. The molecular formula is C69H70Cl4F4N8O35P4. The minimum atomic E-state index is -4.81. The van der Waals surface area contributed by atoms with Crippen LogP contribution in [0.15, 0.2) is 144 Å². The normalized spacial score (nSPS) is 35.3. The topological polar surface area (TPSA) is 575 Å². The van der Waals surface area contributed by atoms with Crippen molar-refractivity contribution >= 4 is 83.6 Å². The first kappa shape index (κ1) is 85.3. The lowest BCUT2D eigenvalue weighted by Gasteiger charge is -2.33. The summed E-state index contributed by atoms with van der Waals surface area (Å²) in [4.78, 5) is 88.0. The number of carbonyl (C=O) groups is 1. The van der Waals surface area contributed by atoms with E-state index in [9.17, 15) is 92.7 Å². The third kappa shape index (κ3) is 19.1. The van der Waals surface area contributed by atoms with E-state index in [1.54, 1.807) is 110 Å². The van der Waals surface area contributed by atoms with Crippen LogP contribution in [0.2, 0.25) is 15.1 Å². The number of phosphoric ester groups is 4. The molecule has 55 heteroatoms. The molecule has 0 radical (unpaired) electrons. The number of ether oxygens (including phenoxy) is 4. The second-order valence-corrected chi connectivity index (χ2v) is 35.3. The Morgan fingerprint density at radius 3 is 1.15 bits per heavy atom. The number of nitrogens with zero attached hydrogens (tertiary/aromatic N) is 4. The van der Waals surface area contributed by atoms with Crippen molar-refractivity contribution in [3.05, 3.63) is 237 Å². The van der Waals surface area contributed by atoms with Gasteiger partial charge in [-0.1, -0.05) is 126 Å². The number of amides is 1. The van der Waals surface area contributed by atoms with E-state index in [1.165, 1.54) is 0 Å². The molecule has 0 spiro atoms. The standard InChI is InChI=1S/C18H19ClFN2O8P.3C17H17ClFN2O9P/c1-9-4-3-5-11-7-27-31(26,30-14(9)11)28-8-18(20)15(24)13(23)17(29-18)22-6-12(19)16(25)21-10(22)2;3*1-8-3-2-4-9-6-27-31(26,30-12(8)9)28-7-17(19)13(23)11(22)15(29-17)21-5-10(18)14(24)20-16(21)25/h3-6,13,15,17,23-24H,2,7-8H2,1H3,(H,21,25);3*2-5,11,13,15,22-23H,6-7H2,1H3,(H,20,24,25)/t13-,15+,17-,18-,31?;3*11-,13+,15-,17-,31?/m1111/s1/i8D2,17D;15D;7D2;. The fourth-order valence-corrected chi connectivity index (χ4v) is 17.8. The van der Waals surface area contributed by atoms with Crippen LogP contribution in [0.4, 0.5) is 17.6 Å². The van der Waals surface area contributed by atoms with Gasteiger partial charge in [-0.05, 0) is 49.9 Å². The fourth-order valence-electron chi connectivity index (χ4n) is 12.3. The lowest BCUT2D eigenvalue weighted by Crippen LogP contribution is -2.47. The number of hydrogen-bond acceptors (Lipinski definition) is 36. The molecule has 20 atom stereocenters. The summed E-state index contributed by atoms with van der Waals surface area (Å²) in [6, 6.07) is 20.1. The number of benzene rings is 4. The van der Waals surface area contributed by atoms with Gasteiger partial charge in [0.2, 0.25) is 0 Å². The summed E-state index contributed by atoms with van der Waals surface area (Å²) in [5, 5.41) is 82.3. The van der Waals surface area contributed by atoms with Crippen LogP contribution in [-0.4, -0.2) is 185 Å². The summed E-state index contributed by atoms with van der Waals surface area (Å²) < 4.78 is 244. The average Bonchev–Trinajstić information content (AvgIpc) is 1.55. The van der Waals surface area contributed by atoms with Gasteiger partial charge in [0.1, 0.15) is 124 Å². The fraction of sp³-hybridized carbons (Fsp3) is 0.406. The third-order valence-corrected chi connectivity index (χ3v) is 24.8. The lowest BCUT2D eigenvalue weighted by molar-refractivity contribution is -0.208. The monoisotopic (exact) mass is 1920 g/mol. The highest BCUT2D eigenvalue weighted by atomic mass is 35.5. The molecule has 4 fully saturated rings. The Morgan fingerprint density at radius 2 is 0.758 bits per heavy atom. The minimum absolute atomic E-state index is 0.0867. The highest BCUT2D eigenvalue weighted by Crippen LogP contribution is 2.61. The highest BCUT2D eigenvalue weighted by molar-refractivity contribution is 7.49. The second-order valence-electron chi connectivity index (χ2n) is 27.5. The molecule has 3 aromatic heterocycles. The molecule has 9 aliphatic heterocycles. The smallest absolute Gasteiger partial charge is 0.403 e. The number of aryl methyl sites for hydroxylation is 4. The first-order chi connectivity index (χ1) is 60.3. The summed E-state index contributed by atoms with van der Waals surface area (Å²) in [7, 11) is -18.2. The number of para-hydroxylation sites is 4. The number of halogens is 8. The summed E-state index contributed by atoms with van der Waals surface area (Å²) in [5.74, 6) is -14.8. The molecule has 1 amide bonds. The van der Waals surface area contributed by atoms with Crippen LogP contribution in [0, 0.1) is 27.7 Å². The van der Waals surface area contributed by atoms with E-state index in [1.807, 2.05) is 4.98 Å². The quantitative estimate of drug-likeness (QED) is 0.0437. The maximum Gasteiger partial charge on any atom is 0.530 e. The van der Waals surface area contributed by atoms with Gasteiger partial charge >= 0.3 is 48.4 Å². The summed E-state index contributed by atoms with van der Waals surface area (Å²) in [5.41, 5.74) is -1.87. The molecule has 672 valence electrons. The SMILES string of the molecule is Cc1cccc2c1OP(=O)(OC[C@@]1(F)O[C@@H](n3cc(Cl)c(=O)[nH]c3=O)[C@H](O)[C@@H]1O)OC2.[2H]C([2H])(OP1(=O)OCc2cccc(C)c2O1)[C@@]1(F)O[C@@H](n2cc(Cl)c(=O)[nH]c2=O)[C@H](O)[C@@H]1O.[2H]C([2H])(OP1(=O)OCc2cccc(C)c2O1)[C@@]1(F)O[C@@]([2H])(N2C=C(Cl)C(=O)NC2=C)[C@H](O)[C@@H]1O.[2H][C@@]1(n2cc(Cl)c(=O)[nH]c2=O)O[C@](F)(COP2(=O)OCc3cccc(C)c3O2)[C@@H](O)[C@H]1O. The first-order valence-electron chi connectivity index (χ1n) is 38.3. The van der Waals surface area contributed by atoms with Gasteiger partial charge in [-0.25, -0.2) is 50.2 Å². The number of nitrogens with one attached hydrogen (secondary N) is 4. The predicted molar refractivity (Wildman–Crippen MR) is 411 cm³/mol. The van der Waals surface area contributed by atoms with Crippen molar-refractivity contribution in [3.8, 4) is 23.0 Å². The van der Waals surface area contributed by atoms with Crippen LogP contribution in [0.3, 0.4) is 0 Å². The number of aromatic nitrogens is 6. The van der Waals surface area contributed by atoms with Gasteiger partial charge in [-0.15, -0.1) is 0 Å². The largest absolute Gasteiger partial charge is 0.530 e. The molecule has 0 aliphatic carbocycles. The molecule has 4 saturated heterocycles. The zero-order chi connectivity index (χ0) is 95.6. The Kier molecular flexibility index (Phi) is 24.7. The summed E-state index contributed by atoms with van der Waals surface area (Å²) in [6.07, 6.45) is -25.8. The van der Waals surface area contributed by atoms with Crippen molar-refractivity contribution in [1.29, 1.82) is 0 Å². The zero-order valence-corrected chi connectivity index (χ0v) is 69.8. The summed E-state index contributed by atoms with van der Waals surface area (Å²) >= 11 is 22.7. The van der Waals surface area contributed by atoms with Gasteiger partial charge in [-0.2, -0.15) is 0 Å². The van der Waals surface area contributed by atoms with Crippen LogP contribution in [0.5, 0.6) is 23.0 Å². The second kappa shape index (κ2) is 35.8. The van der Waals surface area contributed by atoms with E-state index in [0.717, 1.165) is 12.4 Å². The number of carbonyl (C=O) groups excluding carboxylic acids is 1. The van der Waals surface area contributed by atoms with Crippen molar-refractivity contribution in [2.45, 2.75) is 151 Å². The molecule has 12 heterocycles. The van der Waals surface area contributed by atoms with E-state index in [0.29, 0.717) is 75.5 Å². The Morgan fingerprint density at radius 1 is 0.460 bits per heavy atom. The van der Waals surface area contributed by atoms with Gasteiger partial charge in [0, 0.05) is 47.0 Å². The number of fused-ring (bicyclic) bond motifs is 4. The highest BCUT2D eigenvalue weighted by Gasteiger charge is 2.63. The van der Waals surface area contributed by atoms with E-state index in [2.05, 4.69) is 11.9 Å². The molecule has 16 rings (SSSR count). The number of rotatable bonds is 16. The van der Waals surface area contributed by atoms with E-state index >= 15 is 17.6 Å². The van der Waals surface area contributed by atoms with Crippen LogP contribution < -0.4 is 57.2 Å². The number of phosphoric acid groups is 4. The molecule has 0 saturated carbocycles. The molecule has 12 N–H and O–H groups in total. The van der Waals surface area contributed by atoms with Crippen molar-refractivity contribution in [2.24, 2.45) is 0 Å². The van der Waals surface area contributed by atoms with Crippen molar-refractivity contribution in [3.63, 3.8) is 0 Å². The van der Waals surface area contributed by atoms with Gasteiger partial charge < -0.3 is 88.1 Å².